The van der Waals surface area contributed by atoms with Gasteiger partial charge in [0, 0.05) is 25.5 Å². The number of nitrogens with two attached hydrogens (primary N) is 1. The Hall–Kier alpha value is -0.680. The van der Waals surface area contributed by atoms with Crippen molar-refractivity contribution in [3.63, 3.8) is 0 Å². The van der Waals surface area contributed by atoms with Crippen LogP contribution in [-0.2, 0) is 9.53 Å². The number of carbonyl (C=O) groups excluding carboxylic acids is 1. The van der Waals surface area contributed by atoms with Crippen molar-refractivity contribution < 1.29 is 9.53 Å². The molecule has 1 aliphatic rings. The fourth-order valence-electron chi connectivity index (χ4n) is 2.03. The summed E-state index contributed by atoms with van der Waals surface area (Å²) < 4.78 is 5.58. The third-order valence-electron chi connectivity index (χ3n) is 2.88. The highest BCUT2D eigenvalue weighted by molar-refractivity contribution is 7.80. The molecule has 1 amide bonds. The van der Waals surface area contributed by atoms with Gasteiger partial charge in [0.2, 0.25) is 5.91 Å². The summed E-state index contributed by atoms with van der Waals surface area (Å²) >= 11 is 4.80. The van der Waals surface area contributed by atoms with Crippen molar-refractivity contribution in [3.05, 3.63) is 0 Å². The lowest BCUT2D eigenvalue weighted by molar-refractivity contribution is -0.122. The molecule has 0 aromatic carbocycles. The molecule has 1 rings (SSSR count). The number of thiocarbonyl (C=S) groups is 1. The summed E-state index contributed by atoms with van der Waals surface area (Å²) in [5.41, 5.74) is 5.42. The molecular weight excluding hydrogens is 236 g/mol. The first-order valence-corrected chi connectivity index (χ1v) is 6.68. The standard InChI is InChI=1S/C12H22N2O2S/c1-9(8-11(13)17)14-12(15)6-5-10-4-2-3-7-16-10/h9-10H,2-8H2,1H3,(H2,13,17)(H,14,15). The molecular formula is C12H22N2O2S. The van der Waals surface area contributed by atoms with E-state index in [4.69, 9.17) is 22.7 Å². The van der Waals surface area contributed by atoms with Crippen LogP contribution < -0.4 is 11.1 Å². The number of hydrogen-bond acceptors (Lipinski definition) is 3. The molecule has 3 N–H and O–H groups in total. The molecule has 4 nitrogen and oxygen atoms in total. The lowest BCUT2D eigenvalue weighted by Gasteiger charge is -2.22. The van der Waals surface area contributed by atoms with Crippen molar-refractivity contribution in [2.75, 3.05) is 6.61 Å². The molecule has 98 valence electrons. The van der Waals surface area contributed by atoms with Gasteiger partial charge in [0.1, 0.15) is 0 Å². The number of ether oxygens (including phenoxy) is 1. The molecule has 0 aromatic rings. The van der Waals surface area contributed by atoms with E-state index in [0.717, 1.165) is 25.9 Å². The Kier molecular flexibility index (Phi) is 6.44. The number of carbonyl (C=O) groups is 1. The van der Waals surface area contributed by atoms with E-state index in [2.05, 4.69) is 5.32 Å². The highest BCUT2D eigenvalue weighted by Crippen LogP contribution is 2.16. The van der Waals surface area contributed by atoms with Gasteiger partial charge in [0.25, 0.3) is 0 Å². The van der Waals surface area contributed by atoms with Gasteiger partial charge in [-0.2, -0.15) is 0 Å². The lowest BCUT2D eigenvalue weighted by atomic mass is 10.0. The van der Waals surface area contributed by atoms with Gasteiger partial charge in [0.15, 0.2) is 0 Å². The Balaban J connectivity index is 2.13. The highest BCUT2D eigenvalue weighted by Gasteiger charge is 2.16. The van der Waals surface area contributed by atoms with Crippen molar-refractivity contribution in [1.82, 2.24) is 5.32 Å². The van der Waals surface area contributed by atoms with Crippen molar-refractivity contribution in [1.29, 1.82) is 0 Å². The third kappa shape index (κ3) is 6.58. The first-order valence-electron chi connectivity index (χ1n) is 6.27. The number of hydrogen-bond donors (Lipinski definition) is 2. The fraction of sp³-hybridized carbons (Fsp3) is 0.833. The zero-order valence-electron chi connectivity index (χ0n) is 10.4. The van der Waals surface area contributed by atoms with Crippen molar-refractivity contribution >= 4 is 23.1 Å². The minimum atomic E-state index is 0.0206. The van der Waals surface area contributed by atoms with E-state index in [9.17, 15) is 4.79 Å². The molecule has 1 heterocycles. The van der Waals surface area contributed by atoms with E-state index in [1.165, 1.54) is 6.42 Å². The molecule has 2 atom stereocenters. The maximum atomic E-state index is 11.6. The number of amides is 1. The molecule has 0 aromatic heterocycles. The van der Waals surface area contributed by atoms with E-state index in [1.807, 2.05) is 6.92 Å². The Morgan fingerprint density at radius 3 is 2.94 bits per heavy atom. The van der Waals surface area contributed by atoms with Gasteiger partial charge in [-0.15, -0.1) is 0 Å². The molecule has 1 fully saturated rings. The largest absolute Gasteiger partial charge is 0.393 e. The molecule has 0 spiro atoms. The van der Waals surface area contributed by atoms with Crippen LogP contribution >= 0.6 is 12.2 Å². The normalized spacial score (nSPS) is 21.8. The zero-order valence-corrected chi connectivity index (χ0v) is 11.2. The smallest absolute Gasteiger partial charge is 0.220 e. The summed E-state index contributed by atoms with van der Waals surface area (Å²) in [6, 6.07) is 0.0206. The minimum absolute atomic E-state index is 0.0206. The first-order chi connectivity index (χ1) is 8.08. The molecule has 0 aliphatic carbocycles. The molecule has 0 radical (unpaired) electrons. The SMILES string of the molecule is CC(CC(N)=S)NC(=O)CCC1CCCCO1. The molecule has 1 saturated heterocycles. The lowest BCUT2D eigenvalue weighted by Crippen LogP contribution is -2.35. The highest BCUT2D eigenvalue weighted by atomic mass is 32.1. The quantitative estimate of drug-likeness (QED) is 0.709. The average Bonchev–Trinajstić information content (AvgIpc) is 2.26. The van der Waals surface area contributed by atoms with E-state index >= 15 is 0 Å². The first kappa shape index (κ1) is 14.4. The topological polar surface area (TPSA) is 64.3 Å². The van der Waals surface area contributed by atoms with Crippen LogP contribution in [0.15, 0.2) is 0 Å². The maximum Gasteiger partial charge on any atom is 0.220 e. The fourth-order valence-corrected chi connectivity index (χ4v) is 2.28. The van der Waals surface area contributed by atoms with E-state index in [-0.39, 0.29) is 18.1 Å². The minimum Gasteiger partial charge on any atom is -0.393 e. The number of nitrogens with one attached hydrogen (secondary N) is 1. The van der Waals surface area contributed by atoms with Crippen LogP contribution in [0.4, 0.5) is 0 Å². The Morgan fingerprint density at radius 2 is 2.35 bits per heavy atom. The van der Waals surface area contributed by atoms with Crippen molar-refractivity contribution in [2.45, 2.75) is 57.6 Å². The van der Waals surface area contributed by atoms with Gasteiger partial charge in [0.05, 0.1) is 11.1 Å². The van der Waals surface area contributed by atoms with Crippen LogP contribution in [0.25, 0.3) is 0 Å². The molecule has 0 bridgehead atoms. The summed E-state index contributed by atoms with van der Waals surface area (Å²) in [6.07, 6.45) is 5.59. The summed E-state index contributed by atoms with van der Waals surface area (Å²) in [6.45, 7) is 2.75. The van der Waals surface area contributed by atoms with Gasteiger partial charge < -0.3 is 15.8 Å². The van der Waals surface area contributed by atoms with Crippen LogP contribution in [0, 0.1) is 0 Å². The van der Waals surface area contributed by atoms with Crippen molar-refractivity contribution in [3.8, 4) is 0 Å². The second kappa shape index (κ2) is 7.61. The monoisotopic (exact) mass is 258 g/mol. The molecule has 5 heteroatoms. The zero-order chi connectivity index (χ0) is 12.7. The van der Waals surface area contributed by atoms with Crippen LogP contribution in [-0.4, -0.2) is 29.6 Å². The Morgan fingerprint density at radius 1 is 1.59 bits per heavy atom. The van der Waals surface area contributed by atoms with Gasteiger partial charge in [-0.05, 0) is 32.6 Å². The maximum absolute atomic E-state index is 11.6. The summed E-state index contributed by atoms with van der Waals surface area (Å²) in [7, 11) is 0. The van der Waals surface area contributed by atoms with Crippen molar-refractivity contribution in [2.24, 2.45) is 5.73 Å². The Labute approximate surface area is 108 Å². The van der Waals surface area contributed by atoms with E-state index in [0.29, 0.717) is 17.8 Å². The van der Waals surface area contributed by atoms with Crippen LogP contribution in [0.5, 0.6) is 0 Å². The van der Waals surface area contributed by atoms with E-state index < -0.39 is 0 Å². The number of rotatable bonds is 6. The van der Waals surface area contributed by atoms with Gasteiger partial charge in [-0.25, -0.2) is 0 Å². The van der Waals surface area contributed by atoms with Crippen LogP contribution in [0.1, 0.15) is 45.4 Å². The molecule has 0 saturated carbocycles. The van der Waals surface area contributed by atoms with Gasteiger partial charge >= 0.3 is 0 Å². The summed E-state index contributed by atoms with van der Waals surface area (Å²) in [5, 5.41) is 2.89. The van der Waals surface area contributed by atoms with Crippen LogP contribution in [0.3, 0.4) is 0 Å². The van der Waals surface area contributed by atoms with E-state index in [1.54, 1.807) is 0 Å². The predicted molar refractivity (Wildman–Crippen MR) is 71.8 cm³/mol. The molecule has 1 aliphatic heterocycles. The molecule has 17 heavy (non-hydrogen) atoms. The van der Waals surface area contributed by atoms with Gasteiger partial charge in [-0.3, -0.25) is 4.79 Å². The average molecular weight is 258 g/mol. The summed E-state index contributed by atoms with van der Waals surface area (Å²) in [4.78, 5) is 12.1. The summed E-state index contributed by atoms with van der Waals surface area (Å²) in [5.74, 6) is 0.0583. The second-order valence-electron chi connectivity index (χ2n) is 4.67. The second-order valence-corrected chi connectivity index (χ2v) is 5.19. The van der Waals surface area contributed by atoms with Gasteiger partial charge in [-0.1, -0.05) is 12.2 Å². The predicted octanol–water partition coefficient (Wildman–Crippen LogP) is 1.52. The molecule has 2 unspecified atom stereocenters. The van der Waals surface area contributed by atoms with Crippen LogP contribution in [0.2, 0.25) is 0 Å². The third-order valence-corrected chi connectivity index (χ3v) is 3.05. The Bertz CT molecular complexity index is 265.